The van der Waals surface area contributed by atoms with Gasteiger partial charge in [-0.25, -0.2) is 0 Å². The van der Waals surface area contributed by atoms with Gasteiger partial charge in [0.05, 0.1) is 6.26 Å². The molecule has 8 heteroatoms. The zero-order chi connectivity index (χ0) is 13.9. The maximum absolute atomic E-state index is 12.2. The maximum Gasteiger partial charge on any atom is 0.406 e. The molecule has 0 saturated carbocycles. The van der Waals surface area contributed by atoms with E-state index in [0.717, 1.165) is 6.26 Å². The molecule has 0 aromatic carbocycles. The molecule has 0 atom stereocenters. The van der Waals surface area contributed by atoms with Crippen LogP contribution in [0.4, 0.5) is 13.2 Å². The van der Waals surface area contributed by atoms with E-state index >= 15 is 0 Å². The van der Waals surface area contributed by atoms with Crippen LogP contribution in [0.25, 0.3) is 0 Å². The number of aryl methyl sites for hydroxylation is 1. The monoisotopic (exact) mass is 265 g/mol. The Morgan fingerprint density at radius 3 is 2.44 bits per heavy atom. The molecule has 1 rings (SSSR count). The van der Waals surface area contributed by atoms with Gasteiger partial charge in [0.15, 0.2) is 5.76 Å². The fourth-order valence-corrected chi connectivity index (χ4v) is 1.31. The van der Waals surface area contributed by atoms with Gasteiger partial charge in [0, 0.05) is 5.56 Å². The van der Waals surface area contributed by atoms with Gasteiger partial charge in [0.1, 0.15) is 13.1 Å². The van der Waals surface area contributed by atoms with Crippen LogP contribution in [0.15, 0.2) is 16.7 Å². The van der Waals surface area contributed by atoms with Gasteiger partial charge in [-0.05, 0) is 13.0 Å². The van der Waals surface area contributed by atoms with Crippen molar-refractivity contribution in [2.45, 2.75) is 13.1 Å². The summed E-state index contributed by atoms with van der Waals surface area (Å²) < 4.78 is 41.5. The Balaban J connectivity index is 2.93. The molecular weight excluding hydrogens is 255 g/mol. The Morgan fingerprint density at radius 1 is 1.44 bits per heavy atom. The molecule has 0 spiro atoms. The van der Waals surface area contributed by atoms with Gasteiger partial charge in [0.25, 0.3) is 5.91 Å². The highest BCUT2D eigenvalue weighted by atomic mass is 19.4. The zero-order valence-corrected chi connectivity index (χ0v) is 9.32. The van der Waals surface area contributed by atoms with Gasteiger partial charge in [-0.15, -0.1) is 0 Å². The van der Waals surface area contributed by atoms with Crippen molar-refractivity contribution < 1.29 is 32.3 Å². The number of alkyl halides is 3. The van der Waals surface area contributed by atoms with Crippen LogP contribution in [0.3, 0.4) is 0 Å². The molecule has 1 N–H and O–H groups in total. The second-order valence-corrected chi connectivity index (χ2v) is 3.60. The highest BCUT2D eigenvalue weighted by molar-refractivity contribution is 5.94. The molecule has 1 amide bonds. The summed E-state index contributed by atoms with van der Waals surface area (Å²) in [6.45, 7) is -1.21. The summed E-state index contributed by atoms with van der Waals surface area (Å²) in [6.07, 6.45) is -3.53. The molecule has 0 radical (unpaired) electrons. The summed E-state index contributed by atoms with van der Waals surface area (Å²) in [5, 5.41) is 8.50. The summed E-state index contributed by atoms with van der Waals surface area (Å²) in [7, 11) is 0. The van der Waals surface area contributed by atoms with Crippen molar-refractivity contribution in [3.05, 3.63) is 23.7 Å². The maximum atomic E-state index is 12.2. The predicted octanol–water partition coefficient (Wildman–Crippen LogP) is 1.68. The normalized spacial score (nSPS) is 11.3. The standard InChI is InChI=1S/C10H10F3NO4/c1-6-2-3-18-8(6)9(17)14(4-7(15)16)5-10(11,12)13/h2-3H,4-5H2,1H3,(H,15,16). The van der Waals surface area contributed by atoms with Crippen LogP contribution in [0.2, 0.25) is 0 Å². The van der Waals surface area contributed by atoms with E-state index in [0.29, 0.717) is 5.56 Å². The first-order valence-corrected chi connectivity index (χ1v) is 4.82. The van der Waals surface area contributed by atoms with Crippen LogP contribution in [-0.4, -0.2) is 41.1 Å². The number of nitrogens with zero attached hydrogens (tertiary/aromatic N) is 1. The lowest BCUT2D eigenvalue weighted by molar-refractivity contribution is -0.149. The lowest BCUT2D eigenvalue weighted by atomic mass is 10.2. The predicted molar refractivity (Wildman–Crippen MR) is 53.0 cm³/mol. The number of carbonyl (C=O) groups excluding carboxylic acids is 1. The highest BCUT2D eigenvalue weighted by Gasteiger charge is 2.35. The SMILES string of the molecule is Cc1ccoc1C(=O)N(CC(=O)O)CC(F)(F)F. The minimum Gasteiger partial charge on any atom is -0.480 e. The number of rotatable bonds is 4. The van der Waals surface area contributed by atoms with Gasteiger partial charge in [-0.3, -0.25) is 9.59 Å². The van der Waals surface area contributed by atoms with Crippen LogP contribution >= 0.6 is 0 Å². The third-order valence-electron chi connectivity index (χ3n) is 2.04. The number of hydrogen-bond acceptors (Lipinski definition) is 3. The number of hydrogen-bond donors (Lipinski definition) is 1. The second-order valence-electron chi connectivity index (χ2n) is 3.60. The zero-order valence-electron chi connectivity index (χ0n) is 9.32. The van der Waals surface area contributed by atoms with Crippen LogP contribution in [0.5, 0.6) is 0 Å². The van der Waals surface area contributed by atoms with Gasteiger partial charge in [0.2, 0.25) is 0 Å². The highest BCUT2D eigenvalue weighted by Crippen LogP contribution is 2.19. The van der Waals surface area contributed by atoms with Crippen LogP contribution < -0.4 is 0 Å². The Bertz CT molecular complexity index is 452. The van der Waals surface area contributed by atoms with E-state index in [1.165, 1.54) is 13.0 Å². The van der Waals surface area contributed by atoms with Crippen LogP contribution in [-0.2, 0) is 4.79 Å². The van der Waals surface area contributed by atoms with Crippen molar-refractivity contribution in [1.82, 2.24) is 4.90 Å². The number of carboxylic acids is 1. The molecule has 0 fully saturated rings. The van der Waals surface area contributed by atoms with E-state index in [1.54, 1.807) is 0 Å². The lowest BCUT2D eigenvalue weighted by Gasteiger charge is -2.21. The number of halogens is 3. The minimum absolute atomic E-state index is 0.175. The molecule has 0 bridgehead atoms. The van der Waals surface area contributed by atoms with Crippen LogP contribution in [0.1, 0.15) is 16.1 Å². The van der Waals surface area contributed by atoms with Crippen molar-refractivity contribution in [2.24, 2.45) is 0 Å². The van der Waals surface area contributed by atoms with E-state index in [1.807, 2.05) is 0 Å². The summed E-state index contributed by atoms with van der Waals surface area (Å²) >= 11 is 0. The molecule has 5 nitrogen and oxygen atoms in total. The first-order chi connectivity index (χ1) is 8.20. The fraction of sp³-hybridized carbons (Fsp3) is 0.400. The summed E-state index contributed by atoms with van der Waals surface area (Å²) in [4.78, 5) is 22.3. The van der Waals surface area contributed by atoms with Crippen molar-refractivity contribution in [2.75, 3.05) is 13.1 Å². The van der Waals surface area contributed by atoms with E-state index in [9.17, 15) is 22.8 Å². The molecule has 0 aliphatic carbocycles. The van der Waals surface area contributed by atoms with Gasteiger partial charge < -0.3 is 14.4 Å². The van der Waals surface area contributed by atoms with E-state index < -0.39 is 31.1 Å². The topological polar surface area (TPSA) is 70.8 Å². The molecule has 1 aromatic heterocycles. The number of carboxylic acid groups (broad SMARTS) is 1. The molecule has 0 aliphatic heterocycles. The largest absolute Gasteiger partial charge is 0.480 e. The third kappa shape index (κ3) is 3.79. The quantitative estimate of drug-likeness (QED) is 0.899. The molecule has 1 heterocycles. The minimum atomic E-state index is -4.67. The number of amides is 1. The van der Waals surface area contributed by atoms with Crippen molar-refractivity contribution in [1.29, 1.82) is 0 Å². The Kier molecular flexibility index (Phi) is 4.00. The van der Waals surface area contributed by atoms with E-state index in [4.69, 9.17) is 9.52 Å². The molecular formula is C10H10F3NO4. The molecule has 18 heavy (non-hydrogen) atoms. The van der Waals surface area contributed by atoms with E-state index in [-0.39, 0.29) is 10.7 Å². The van der Waals surface area contributed by atoms with Gasteiger partial charge in [-0.1, -0.05) is 0 Å². The average Bonchev–Trinajstić information content (AvgIpc) is 2.59. The fourth-order valence-electron chi connectivity index (χ4n) is 1.31. The smallest absolute Gasteiger partial charge is 0.406 e. The molecule has 0 aliphatic rings. The Hall–Kier alpha value is -1.99. The van der Waals surface area contributed by atoms with Crippen LogP contribution in [0, 0.1) is 6.92 Å². The van der Waals surface area contributed by atoms with Gasteiger partial charge in [-0.2, -0.15) is 13.2 Å². The molecule has 0 unspecified atom stereocenters. The third-order valence-corrected chi connectivity index (χ3v) is 2.04. The summed E-state index contributed by atoms with van der Waals surface area (Å²) in [5.41, 5.74) is 0.345. The summed E-state index contributed by atoms with van der Waals surface area (Å²) in [5.74, 6) is -2.92. The first kappa shape index (κ1) is 14.1. The van der Waals surface area contributed by atoms with Crippen molar-refractivity contribution in [3.8, 4) is 0 Å². The van der Waals surface area contributed by atoms with Crippen molar-refractivity contribution >= 4 is 11.9 Å². The molecule has 1 aromatic rings. The second kappa shape index (κ2) is 5.11. The van der Waals surface area contributed by atoms with Crippen molar-refractivity contribution in [3.63, 3.8) is 0 Å². The number of furan rings is 1. The Labute approximate surface area is 99.8 Å². The summed E-state index contributed by atoms with van der Waals surface area (Å²) in [6, 6.07) is 1.40. The molecule has 0 saturated heterocycles. The number of carbonyl (C=O) groups is 2. The Morgan fingerprint density at radius 2 is 2.06 bits per heavy atom. The molecule has 100 valence electrons. The number of aliphatic carboxylic acids is 1. The van der Waals surface area contributed by atoms with Gasteiger partial charge >= 0.3 is 12.1 Å². The first-order valence-electron chi connectivity index (χ1n) is 4.82. The van der Waals surface area contributed by atoms with E-state index in [2.05, 4.69) is 0 Å². The average molecular weight is 265 g/mol. The lowest BCUT2D eigenvalue weighted by Crippen LogP contribution is -2.42.